The monoisotopic (exact) mass is 405 g/mol. The molecule has 5 N–H and O–H groups in total. The molecule has 0 fully saturated rings. The van der Waals surface area contributed by atoms with Crippen LogP contribution in [0.3, 0.4) is 0 Å². The number of hydrogen-bond donors (Lipinski definition) is 5. The number of carboxylic acid groups (broad SMARTS) is 3. The minimum atomic E-state index is -1.10. The molecule has 0 aliphatic carbocycles. The lowest BCUT2D eigenvalue weighted by Crippen LogP contribution is -2.28. The fraction of sp³-hybridized carbons (Fsp3) is 0.350. The second-order valence-electron chi connectivity index (χ2n) is 6.60. The number of carbonyl (C=O) groups is 3. The van der Waals surface area contributed by atoms with Gasteiger partial charge in [-0.3, -0.25) is 0 Å². The number of aromatic nitrogens is 1. The van der Waals surface area contributed by atoms with Gasteiger partial charge in [-0.25, -0.2) is 14.4 Å². The largest absolute Gasteiger partial charge is 0.478 e. The number of aromatic amines is 1. The van der Waals surface area contributed by atoms with E-state index in [1.807, 2.05) is 19.0 Å². The number of aryl methyl sites for hydroxylation is 1. The van der Waals surface area contributed by atoms with Crippen molar-refractivity contribution in [1.29, 1.82) is 0 Å². The maximum atomic E-state index is 11.4. The van der Waals surface area contributed by atoms with Crippen LogP contribution in [0.25, 0.3) is 0 Å². The van der Waals surface area contributed by atoms with Crippen molar-refractivity contribution in [2.75, 3.05) is 33.7 Å². The summed E-state index contributed by atoms with van der Waals surface area (Å²) in [6.45, 7) is 3.85. The van der Waals surface area contributed by atoms with E-state index in [-0.39, 0.29) is 11.1 Å². The molecule has 0 amide bonds. The fourth-order valence-corrected chi connectivity index (χ4v) is 2.62. The SMILES string of the molecule is Cc1ccc(C(=O)O)c(CCNCCN(C)C)c1C(=O)O.O=C(O)c1cc[nH]c1. The minimum Gasteiger partial charge on any atom is -0.478 e. The Morgan fingerprint density at radius 3 is 2.14 bits per heavy atom. The molecule has 0 saturated carbocycles. The summed E-state index contributed by atoms with van der Waals surface area (Å²) < 4.78 is 0. The molecule has 2 aromatic rings. The van der Waals surface area contributed by atoms with Gasteiger partial charge in [0, 0.05) is 25.5 Å². The standard InChI is InChI=1S/C15H22N2O4.C5H5NO2/c1-10-4-5-12(14(18)19)11(13(10)15(20)21)6-7-16-8-9-17(2)3;7-5(8)4-1-2-6-3-4/h4-5,16H,6-9H2,1-3H3,(H,18,19)(H,20,21);1-3,6H,(H,7,8). The molecule has 0 atom stereocenters. The van der Waals surface area contributed by atoms with Crippen LogP contribution in [0, 0.1) is 6.92 Å². The fourth-order valence-electron chi connectivity index (χ4n) is 2.62. The lowest BCUT2D eigenvalue weighted by atomic mass is 9.94. The molecule has 9 heteroatoms. The summed E-state index contributed by atoms with van der Waals surface area (Å²) in [7, 11) is 3.93. The zero-order valence-corrected chi connectivity index (χ0v) is 16.7. The van der Waals surface area contributed by atoms with E-state index >= 15 is 0 Å². The van der Waals surface area contributed by atoms with Gasteiger partial charge < -0.3 is 30.5 Å². The third kappa shape index (κ3) is 7.76. The van der Waals surface area contributed by atoms with Gasteiger partial charge >= 0.3 is 17.9 Å². The topological polar surface area (TPSA) is 143 Å². The lowest BCUT2D eigenvalue weighted by Gasteiger charge is -2.14. The van der Waals surface area contributed by atoms with Crippen molar-refractivity contribution < 1.29 is 29.7 Å². The van der Waals surface area contributed by atoms with Crippen molar-refractivity contribution in [3.63, 3.8) is 0 Å². The first-order valence-corrected chi connectivity index (χ1v) is 8.95. The van der Waals surface area contributed by atoms with Gasteiger partial charge in [0.15, 0.2) is 0 Å². The Labute approximate surface area is 169 Å². The number of likely N-dealkylation sites (N-methyl/N-ethyl adjacent to an activating group) is 1. The summed E-state index contributed by atoms with van der Waals surface area (Å²) in [5.41, 5.74) is 1.42. The number of carboxylic acids is 3. The van der Waals surface area contributed by atoms with Crippen LogP contribution in [-0.4, -0.2) is 76.8 Å². The first-order chi connectivity index (χ1) is 13.6. The highest BCUT2D eigenvalue weighted by Gasteiger charge is 2.20. The number of H-pyrrole nitrogens is 1. The molecule has 0 aliphatic rings. The van der Waals surface area contributed by atoms with E-state index in [1.165, 1.54) is 24.4 Å². The predicted octanol–water partition coefficient (Wildman–Crippen LogP) is 1.80. The quantitative estimate of drug-likeness (QED) is 0.397. The Morgan fingerprint density at radius 2 is 1.69 bits per heavy atom. The summed E-state index contributed by atoms with van der Waals surface area (Å²) in [5, 5.41) is 30.0. The molecule has 2 rings (SSSR count). The van der Waals surface area contributed by atoms with Crippen LogP contribution in [0.1, 0.15) is 42.2 Å². The Bertz CT molecular complexity index is 831. The summed E-state index contributed by atoms with van der Waals surface area (Å²) in [5.74, 6) is -3.08. The number of hydrogen-bond acceptors (Lipinski definition) is 5. The van der Waals surface area contributed by atoms with Crippen LogP contribution in [-0.2, 0) is 6.42 Å². The van der Waals surface area contributed by atoms with E-state index in [1.54, 1.807) is 13.1 Å². The van der Waals surface area contributed by atoms with Crippen molar-refractivity contribution in [3.05, 3.63) is 58.4 Å². The second kappa shape index (κ2) is 11.6. The molecule has 1 heterocycles. The van der Waals surface area contributed by atoms with Gasteiger partial charge in [0.2, 0.25) is 0 Å². The minimum absolute atomic E-state index is 0.0624. The highest BCUT2D eigenvalue weighted by atomic mass is 16.4. The van der Waals surface area contributed by atoms with Crippen molar-refractivity contribution in [1.82, 2.24) is 15.2 Å². The summed E-state index contributed by atoms with van der Waals surface area (Å²) in [6, 6.07) is 4.51. The van der Waals surface area contributed by atoms with Gasteiger partial charge in [0.1, 0.15) is 0 Å². The molecule has 0 bridgehead atoms. The molecule has 29 heavy (non-hydrogen) atoms. The molecule has 0 spiro atoms. The zero-order chi connectivity index (χ0) is 22.0. The maximum absolute atomic E-state index is 11.4. The number of nitrogens with zero attached hydrogens (tertiary/aromatic N) is 1. The van der Waals surface area contributed by atoms with Crippen molar-refractivity contribution in [2.24, 2.45) is 0 Å². The Balaban J connectivity index is 0.000000436. The van der Waals surface area contributed by atoms with Crippen LogP contribution >= 0.6 is 0 Å². The molecular formula is C20H27N3O6. The van der Waals surface area contributed by atoms with Crippen LogP contribution in [0.4, 0.5) is 0 Å². The molecule has 0 saturated heterocycles. The lowest BCUT2D eigenvalue weighted by molar-refractivity contribution is 0.0680. The summed E-state index contributed by atoms with van der Waals surface area (Å²) in [4.78, 5) is 37.3. The number of nitrogens with one attached hydrogen (secondary N) is 2. The van der Waals surface area contributed by atoms with Gasteiger partial charge in [-0.1, -0.05) is 6.07 Å². The third-order valence-electron chi connectivity index (χ3n) is 4.10. The van der Waals surface area contributed by atoms with E-state index in [4.69, 9.17) is 5.11 Å². The van der Waals surface area contributed by atoms with E-state index in [2.05, 4.69) is 10.3 Å². The summed E-state index contributed by atoms with van der Waals surface area (Å²) >= 11 is 0. The molecule has 0 unspecified atom stereocenters. The van der Waals surface area contributed by atoms with Crippen molar-refractivity contribution in [2.45, 2.75) is 13.3 Å². The highest BCUT2D eigenvalue weighted by Crippen LogP contribution is 2.20. The van der Waals surface area contributed by atoms with Gasteiger partial charge in [-0.05, 0) is 57.2 Å². The average molecular weight is 405 g/mol. The van der Waals surface area contributed by atoms with Gasteiger partial charge in [-0.15, -0.1) is 0 Å². The Hall–Kier alpha value is -3.17. The van der Waals surface area contributed by atoms with E-state index < -0.39 is 17.9 Å². The van der Waals surface area contributed by atoms with Gasteiger partial charge in [-0.2, -0.15) is 0 Å². The van der Waals surface area contributed by atoms with E-state index in [0.29, 0.717) is 29.7 Å². The van der Waals surface area contributed by atoms with Gasteiger partial charge in [0.25, 0.3) is 0 Å². The molecule has 1 aromatic carbocycles. The summed E-state index contributed by atoms with van der Waals surface area (Å²) in [6.07, 6.45) is 3.38. The first kappa shape index (κ1) is 23.9. The molecule has 0 aliphatic heterocycles. The Morgan fingerprint density at radius 1 is 1.00 bits per heavy atom. The number of benzene rings is 1. The number of rotatable bonds is 9. The molecular weight excluding hydrogens is 378 g/mol. The van der Waals surface area contributed by atoms with Crippen LogP contribution < -0.4 is 5.32 Å². The molecule has 158 valence electrons. The third-order valence-corrected chi connectivity index (χ3v) is 4.10. The predicted molar refractivity (Wildman–Crippen MR) is 108 cm³/mol. The average Bonchev–Trinajstić information content (AvgIpc) is 3.16. The van der Waals surface area contributed by atoms with Crippen molar-refractivity contribution >= 4 is 17.9 Å². The van der Waals surface area contributed by atoms with E-state index in [9.17, 15) is 24.6 Å². The Kier molecular flexibility index (Phi) is 9.57. The second-order valence-corrected chi connectivity index (χ2v) is 6.60. The van der Waals surface area contributed by atoms with Crippen LogP contribution in [0.15, 0.2) is 30.6 Å². The molecule has 0 radical (unpaired) electrons. The highest BCUT2D eigenvalue weighted by molar-refractivity contribution is 5.97. The normalized spacial score (nSPS) is 10.3. The van der Waals surface area contributed by atoms with Crippen LogP contribution in [0.2, 0.25) is 0 Å². The van der Waals surface area contributed by atoms with Crippen molar-refractivity contribution in [3.8, 4) is 0 Å². The molecule has 9 nitrogen and oxygen atoms in total. The zero-order valence-electron chi connectivity index (χ0n) is 16.7. The van der Waals surface area contributed by atoms with Crippen LogP contribution in [0.5, 0.6) is 0 Å². The molecule has 1 aromatic heterocycles. The smallest absolute Gasteiger partial charge is 0.337 e. The van der Waals surface area contributed by atoms with E-state index in [0.717, 1.165) is 13.1 Å². The maximum Gasteiger partial charge on any atom is 0.337 e. The number of aromatic carboxylic acids is 3. The van der Waals surface area contributed by atoms with Gasteiger partial charge in [0.05, 0.1) is 16.7 Å². The first-order valence-electron chi connectivity index (χ1n) is 8.95.